The van der Waals surface area contributed by atoms with Crippen LogP contribution in [0.1, 0.15) is 54.4 Å². The number of hydrogen-bond donors (Lipinski definition) is 1. The molecule has 1 aliphatic heterocycles. The maximum atomic E-state index is 14.1. The summed E-state index contributed by atoms with van der Waals surface area (Å²) < 4.78 is 5.39. The molecule has 1 saturated heterocycles. The number of carbonyl (C=O) groups excluding carboxylic acids is 4. The van der Waals surface area contributed by atoms with Gasteiger partial charge in [0.15, 0.2) is 6.61 Å². The van der Waals surface area contributed by atoms with Gasteiger partial charge in [0.2, 0.25) is 11.8 Å². The molecule has 3 aliphatic carbocycles. The topological polar surface area (TPSA) is 92.8 Å². The standard InChI is InChI=1S/C32H28Cl2N2O5/c1-16(2)13-24(32(40)41-15-25(37)35-23-14-17(33)11-12-22(23)34)36-30(38)28-26-18-7-3-4-8-19(18)27(29(28)31(36)39)21-10-6-5-9-20(21)26/h3-12,14,16,24,26-29H,13,15H2,1-2H3,(H,35,37)/t24-,26?,27?,28+,29+/m1/s1. The molecule has 3 amide bonds. The fourth-order valence-corrected chi connectivity index (χ4v) is 7.11. The van der Waals surface area contributed by atoms with E-state index in [-0.39, 0.29) is 46.7 Å². The van der Waals surface area contributed by atoms with Crippen LogP contribution in [0.4, 0.5) is 5.69 Å². The van der Waals surface area contributed by atoms with Crippen molar-refractivity contribution >= 4 is 52.6 Å². The predicted molar refractivity (Wildman–Crippen MR) is 155 cm³/mol. The molecule has 41 heavy (non-hydrogen) atoms. The van der Waals surface area contributed by atoms with Crippen LogP contribution >= 0.6 is 23.2 Å². The molecule has 3 atom stereocenters. The summed E-state index contributed by atoms with van der Waals surface area (Å²) in [5.74, 6) is -3.93. The minimum Gasteiger partial charge on any atom is -0.454 e. The van der Waals surface area contributed by atoms with Crippen LogP contribution in [0, 0.1) is 17.8 Å². The number of rotatable bonds is 7. The Balaban J connectivity index is 1.27. The summed E-state index contributed by atoms with van der Waals surface area (Å²) in [7, 11) is 0. The Morgan fingerprint density at radius 3 is 1.85 bits per heavy atom. The highest BCUT2D eigenvalue weighted by atomic mass is 35.5. The minimum atomic E-state index is -1.14. The highest BCUT2D eigenvalue weighted by Crippen LogP contribution is 2.61. The first-order valence-corrected chi connectivity index (χ1v) is 14.4. The van der Waals surface area contributed by atoms with Gasteiger partial charge in [-0.1, -0.05) is 85.6 Å². The Morgan fingerprint density at radius 1 is 0.854 bits per heavy atom. The summed E-state index contributed by atoms with van der Waals surface area (Å²) in [6, 6.07) is 19.4. The zero-order valence-corrected chi connectivity index (χ0v) is 24.0. The van der Waals surface area contributed by atoms with Crippen molar-refractivity contribution in [2.45, 2.75) is 38.1 Å². The highest BCUT2D eigenvalue weighted by molar-refractivity contribution is 6.35. The fraction of sp³-hybridized carbons (Fsp3) is 0.312. The molecule has 3 aromatic carbocycles. The van der Waals surface area contributed by atoms with E-state index in [0.29, 0.717) is 5.02 Å². The molecule has 0 saturated carbocycles. The van der Waals surface area contributed by atoms with Crippen LogP contribution < -0.4 is 5.32 Å². The van der Waals surface area contributed by atoms with Crippen molar-refractivity contribution in [2.75, 3.05) is 11.9 Å². The molecule has 7 nitrogen and oxygen atoms in total. The van der Waals surface area contributed by atoms with E-state index < -0.39 is 36.4 Å². The van der Waals surface area contributed by atoms with E-state index in [1.807, 2.05) is 62.4 Å². The van der Waals surface area contributed by atoms with Crippen LogP contribution in [-0.2, 0) is 23.9 Å². The molecule has 1 heterocycles. The third kappa shape index (κ3) is 4.61. The summed E-state index contributed by atoms with van der Waals surface area (Å²) in [5, 5.41) is 3.23. The lowest BCUT2D eigenvalue weighted by Crippen LogP contribution is -2.47. The zero-order chi connectivity index (χ0) is 29.0. The van der Waals surface area contributed by atoms with E-state index in [4.69, 9.17) is 27.9 Å². The summed E-state index contributed by atoms with van der Waals surface area (Å²) in [6.07, 6.45) is 0.215. The second-order valence-electron chi connectivity index (χ2n) is 11.2. The van der Waals surface area contributed by atoms with Crippen LogP contribution in [0.2, 0.25) is 10.0 Å². The smallest absolute Gasteiger partial charge is 0.329 e. The Kier molecular flexibility index (Phi) is 7.12. The highest BCUT2D eigenvalue weighted by Gasteiger charge is 2.63. The molecular formula is C32H28Cl2N2O5. The number of esters is 1. The Labute approximate surface area is 247 Å². The molecule has 1 N–H and O–H groups in total. The number of hydrogen-bond acceptors (Lipinski definition) is 5. The van der Waals surface area contributed by atoms with Gasteiger partial charge in [-0.3, -0.25) is 19.3 Å². The van der Waals surface area contributed by atoms with Crippen molar-refractivity contribution in [3.8, 4) is 0 Å². The number of ether oxygens (including phenoxy) is 1. The molecule has 4 aliphatic rings. The number of anilines is 1. The molecule has 0 radical (unpaired) electrons. The molecule has 0 unspecified atom stereocenters. The quantitative estimate of drug-likeness (QED) is 0.278. The molecule has 2 bridgehead atoms. The van der Waals surface area contributed by atoms with Crippen molar-refractivity contribution in [1.29, 1.82) is 0 Å². The summed E-state index contributed by atoms with van der Waals surface area (Å²) in [5.41, 5.74) is 4.50. The number of carbonyl (C=O) groups is 4. The Bertz CT molecular complexity index is 1470. The maximum Gasteiger partial charge on any atom is 0.329 e. The number of halogens is 2. The Hall–Kier alpha value is -3.68. The number of benzene rings is 3. The second kappa shape index (κ2) is 10.6. The van der Waals surface area contributed by atoms with Gasteiger partial charge in [0.25, 0.3) is 5.91 Å². The van der Waals surface area contributed by atoms with Gasteiger partial charge in [0.1, 0.15) is 6.04 Å². The lowest BCUT2D eigenvalue weighted by molar-refractivity contribution is -0.160. The zero-order valence-electron chi connectivity index (χ0n) is 22.5. The number of nitrogens with zero attached hydrogens (tertiary/aromatic N) is 1. The van der Waals surface area contributed by atoms with Crippen molar-refractivity contribution in [2.24, 2.45) is 17.8 Å². The summed E-state index contributed by atoms with van der Waals surface area (Å²) >= 11 is 12.1. The SMILES string of the molecule is CC(C)C[C@H](C(=O)OCC(=O)Nc1cc(Cl)ccc1Cl)N1C(=O)[C@H]2C3c4ccccc4C(c4ccccc43)[C@@H]2C1=O. The van der Waals surface area contributed by atoms with Crippen LogP contribution in [0.5, 0.6) is 0 Å². The maximum absolute atomic E-state index is 14.1. The fourth-order valence-electron chi connectivity index (χ4n) is 6.77. The van der Waals surface area contributed by atoms with Gasteiger partial charge in [-0.25, -0.2) is 4.79 Å². The third-order valence-electron chi connectivity index (χ3n) is 8.31. The predicted octanol–water partition coefficient (Wildman–Crippen LogP) is 5.78. The van der Waals surface area contributed by atoms with Crippen molar-refractivity contribution < 1.29 is 23.9 Å². The van der Waals surface area contributed by atoms with E-state index in [0.717, 1.165) is 27.2 Å². The van der Waals surface area contributed by atoms with E-state index >= 15 is 0 Å². The molecule has 1 fully saturated rings. The van der Waals surface area contributed by atoms with E-state index in [1.165, 1.54) is 12.1 Å². The number of amides is 3. The van der Waals surface area contributed by atoms with Crippen LogP contribution in [0.3, 0.4) is 0 Å². The number of nitrogens with one attached hydrogen (secondary N) is 1. The number of likely N-dealkylation sites (tertiary alicyclic amines) is 1. The van der Waals surface area contributed by atoms with Gasteiger partial charge in [-0.2, -0.15) is 0 Å². The minimum absolute atomic E-state index is 0.0269. The lowest BCUT2D eigenvalue weighted by Gasteiger charge is -2.45. The van der Waals surface area contributed by atoms with Gasteiger partial charge in [-0.05, 0) is 52.8 Å². The average Bonchev–Trinajstić information content (AvgIpc) is 3.22. The number of imide groups is 1. The third-order valence-corrected chi connectivity index (χ3v) is 8.87. The van der Waals surface area contributed by atoms with E-state index in [1.54, 1.807) is 6.07 Å². The molecule has 9 heteroatoms. The molecule has 7 rings (SSSR count). The first kappa shape index (κ1) is 27.5. The van der Waals surface area contributed by atoms with E-state index in [9.17, 15) is 19.2 Å². The van der Waals surface area contributed by atoms with Crippen molar-refractivity contribution in [3.63, 3.8) is 0 Å². The largest absolute Gasteiger partial charge is 0.454 e. The summed E-state index contributed by atoms with van der Waals surface area (Å²) in [4.78, 5) is 55.4. The first-order valence-electron chi connectivity index (χ1n) is 13.6. The first-order chi connectivity index (χ1) is 19.7. The molecule has 0 aromatic heterocycles. The van der Waals surface area contributed by atoms with Crippen LogP contribution in [0.25, 0.3) is 0 Å². The van der Waals surface area contributed by atoms with E-state index in [2.05, 4.69) is 5.32 Å². The van der Waals surface area contributed by atoms with Gasteiger partial charge >= 0.3 is 5.97 Å². The van der Waals surface area contributed by atoms with Crippen molar-refractivity contribution in [1.82, 2.24) is 4.90 Å². The molecule has 3 aromatic rings. The van der Waals surface area contributed by atoms with Gasteiger partial charge < -0.3 is 10.1 Å². The summed E-state index contributed by atoms with van der Waals surface area (Å²) in [6.45, 7) is 3.20. The van der Waals surface area contributed by atoms with Crippen LogP contribution in [-0.4, -0.2) is 41.2 Å². The van der Waals surface area contributed by atoms with Gasteiger partial charge in [0.05, 0.1) is 22.5 Å². The van der Waals surface area contributed by atoms with Crippen molar-refractivity contribution in [3.05, 3.63) is 99.0 Å². The molecule has 210 valence electrons. The average molecular weight is 591 g/mol. The molecular weight excluding hydrogens is 563 g/mol. The Morgan fingerprint density at radius 2 is 1.37 bits per heavy atom. The van der Waals surface area contributed by atoms with Crippen LogP contribution in [0.15, 0.2) is 66.7 Å². The molecule has 0 spiro atoms. The monoisotopic (exact) mass is 590 g/mol. The lowest BCUT2D eigenvalue weighted by atomic mass is 9.55. The normalized spacial score (nSPS) is 22.7. The van der Waals surface area contributed by atoms with Gasteiger partial charge in [0, 0.05) is 16.9 Å². The van der Waals surface area contributed by atoms with Gasteiger partial charge in [-0.15, -0.1) is 0 Å². The second-order valence-corrected chi connectivity index (χ2v) is 12.1.